The molecular formula is C22H27FN2O2S. The number of halogens is 1. The number of hydrogen-bond acceptors (Lipinski definition) is 3. The quantitative estimate of drug-likeness (QED) is 0.641. The lowest BCUT2D eigenvalue weighted by molar-refractivity contribution is -0.138. The average Bonchev–Trinajstić information content (AvgIpc) is 2.70. The van der Waals surface area contributed by atoms with Crippen molar-refractivity contribution in [2.75, 3.05) is 12.3 Å². The molecule has 2 aromatic rings. The van der Waals surface area contributed by atoms with E-state index in [0.717, 1.165) is 16.9 Å². The molecule has 1 N–H and O–H groups in total. The average molecular weight is 403 g/mol. The molecule has 2 rings (SSSR count). The van der Waals surface area contributed by atoms with Gasteiger partial charge in [0.05, 0.1) is 5.75 Å². The normalized spacial score (nSPS) is 11.7. The highest BCUT2D eigenvalue weighted by atomic mass is 32.2. The van der Waals surface area contributed by atoms with Gasteiger partial charge in [-0.1, -0.05) is 42.8 Å². The first-order chi connectivity index (χ1) is 13.4. The molecule has 0 fully saturated rings. The van der Waals surface area contributed by atoms with E-state index in [1.807, 2.05) is 38.1 Å². The molecule has 0 aromatic heterocycles. The van der Waals surface area contributed by atoms with Gasteiger partial charge in [0.25, 0.3) is 0 Å². The van der Waals surface area contributed by atoms with E-state index in [-0.39, 0.29) is 29.9 Å². The molecule has 0 spiro atoms. The second kappa shape index (κ2) is 10.9. The topological polar surface area (TPSA) is 49.4 Å². The van der Waals surface area contributed by atoms with Crippen molar-refractivity contribution in [3.05, 3.63) is 65.5 Å². The van der Waals surface area contributed by atoms with Crippen molar-refractivity contribution in [1.82, 2.24) is 10.2 Å². The Hall–Kier alpha value is -2.34. The zero-order valence-corrected chi connectivity index (χ0v) is 17.4. The van der Waals surface area contributed by atoms with Crippen LogP contribution >= 0.6 is 11.8 Å². The summed E-state index contributed by atoms with van der Waals surface area (Å²) in [6.07, 6.45) is 0.809. The predicted octanol–water partition coefficient (Wildman–Crippen LogP) is 4.17. The smallest absolute Gasteiger partial charge is 0.242 e. The van der Waals surface area contributed by atoms with Crippen LogP contribution in [0.25, 0.3) is 0 Å². The van der Waals surface area contributed by atoms with Crippen molar-refractivity contribution >= 4 is 23.6 Å². The molecule has 150 valence electrons. The summed E-state index contributed by atoms with van der Waals surface area (Å²) in [5.74, 6) is -0.629. The fraction of sp³-hybridized carbons (Fsp3) is 0.364. The highest BCUT2D eigenvalue weighted by Gasteiger charge is 2.26. The third-order valence-corrected chi connectivity index (χ3v) is 5.40. The van der Waals surface area contributed by atoms with Gasteiger partial charge in [0.2, 0.25) is 11.8 Å². The van der Waals surface area contributed by atoms with E-state index < -0.39 is 6.04 Å². The van der Waals surface area contributed by atoms with Gasteiger partial charge in [-0.05, 0) is 38.5 Å². The second-order valence-corrected chi connectivity index (χ2v) is 7.73. The van der Waals surface area contributed by atoms with Gasteiger partial charge in [0.1, 0.15) is 11.9 Å². The molecule has 0 heterocycles. The molecule has 1 atom stereocenters. The van der Waals surface area contributed by atoms with Gasteiger partial charge >= 0.3 is 0 Å². The van der Waals surface area contributed by atoms with Crippen molar-refractivity contribution in [2.45, 2.75) is 44.7 Å². The van der Waals surface area contributed by atoms with E-state index in [2.05, 4.69) is 5.32 Å². The Morgan fingerprint density at radius 1 is 1.14 bits per heavy atom. The third-order valence-electron chi connectivity index (χ3n) is 4.40. The van der Waals surface area contributed by atoms with Crippen molar-refractivity contribution in [1.29, 1.82) is 0 Å². The number of benzene rings is 2. The number of hydrogen-bond donors (Lipinski definition) is 1. The number of aryl methyl sites for hydroxylation is 1. The largest absolute Gasteiger partial charge is 0.354 e. The molecule has 0 radical (unpaired) electrons. The molecule has 0 bridgehead atoms. The number of amides is 2. The zero-order valence-electron chi connectivity index (χ0n) is 16.6. The summed E-state index contributed by atoms with van der Waals surface area (Å²) in [6.45, 7) is 6.25. The van der Waals surface area contributed by atoms with Crippen LogP contribution in [0.4, 0.5) is 4.39 Å². The van der Waals surface area contributed by atoms with Crippen molar-refractivity contribution in [3.8, 4) is 0 Å². The minimum Gasteiger partial charge on any atom is -0.354 e. The van der Waals surface area contributed by atoms with Crippen molar-refractivity contribution in [2.24, 2.45) is 0 Å². The predicted molar refractivity (Wildman–Crippen MR) is 112 cm³/mol. The molecule has 0 aliphatic carbocycles. The Morgan fingerprint density at radius 3 is 2.46 bits per heavy atom. The van der Waals surface area contributed by atoms with Crippen LogP contribution in [0.15, 0.2) is 53.4 Å². The van der Waals surface area contributed by atoms with Gasteiger partial charge in [-0.3, -0.25) is 9.59 Å². The van der Waals surface area contributed by atoms with Crippen LogP contribution in [-0.4, -0.2) is 35.1 Å². The van der Waals surface area contributed by atoms with Gasteiger partial charge in [-0.15, -0.1) is 11.8 Å². The van der Waals surface area contributed by atoms with E-state index in [0.29, 0.717) is 12.1 Å². The number of carbonyl (C=O) groups excluding carboxylic acids is 2. The van der Waals surface area contributed by atoms with Gasteiger partial charge in [-0.2, -0.15) is 0 Å². The van der Waals surface area contributed by atoms with Gasteiger partial charge in [0, 0.05) is 23.5 Å². The maximum atomic E-state index is 14.1. The summed E-state index contributed by atoms with van der Waals surface area (Å²) in [6, 6.07) is 13.6. The summed E-state index contributed by atoms with van der Waals surface area (Å²) in [5, 5.41) is 2.81. The lowest BCUT2D eigenvalue weighted by atomic mass is 10.1. The van der Waals surface area contributed by atoms with Crippen LogP contribution < -0.4 is 5.32 Å². The van der Waals surface area contributed by atoms with Crippen LogP contribution in [0.1, 0.15) is 31.4 Å². The molecule has 1 unspecified atom stereocenters. The number of nitrogens with one attached hydrogen (secondary N) is 1. The molecular weight excluding hydrogens is 375 g/mol. The Balaban J connectivity index is 2.13. The first-order valence-corrected chi connectivity index (χ1v) is 10.4. The van der Waals surface area contributed by atoms with E-state index in [9.17, 15) is 14.0 Å². The molecule has 0 aliphatic heterocycles. The number of thioether (sulfide) groups is 1. The van der Waals surface area contributed by atoms with E-state index in [1.165, 1.54) is 22.7 Å². The number of carbonyl (C=O) groups is 2. The number of rotatable bonds is 9. The Morgan fingerprint density at radius 2 is 1.82 bits per heavy atom. The van der Waals surface area contributed by atoms with Crippen LogP contribution in [0, 0.1) is 12.7 Å². The molecule has 0 saturated heterocycles. The molecule has 2 amide bonds. The fourth-order valence-corrected chi connectivity index (χ4v) is 3.44. The highest BCUT2D eigenvalue weighted by molar-refractivity contribution is 8.00. The lowest BCUT2D eigenvalue weighted by Gasteiger charge is -2.29. The summed E-state index contributed by atoms with van der Waals surface area (Å²) in [7, 11) is 0. The minimum atomic E-state index is -0.683. The Kier molecular flexibility index (Phi) is 8.51. The monoisotopic (exact) mass is 402 g/mol. The van der Waals surface area contributed by atoms with Crippen molar-refractivity contribution in [3.63, 3.8) is 0 Å². The summed E-state index contributed by atoms with van der Waals surface area (Å²) < 4.78 is 14.1. The highest BCUT2D eigenvalue weighted by Crippen LogP contribution is 2.20. The van der Waals surface area contributed by atoms with Crippen molar-refractivity contribution < 1.29 is 14.0 Å². The minimum absolute atomic E-state index is 0.0562. The van der Waals surface area contributed by atoms with E-state index in [1.54, 1.807) is 25.1 Å². The van der Waals surface area contributed by atoms with E-state index >= 15 is 0 Å². The zero-order chi connectivity index (χ0) is 20.5. The third kappa shape index (κ3) is 6.37. The Labute approximate surface area is 170 Å². The molecule has 6 heteroatoms. The van der Waals surface area contributed by atoms with Crippen LogP contribution in [-0.2, 0) is 16.1 Å². The standard InChI is InChI=1S/C22H27FN2O2S/c1-4-13-24-22(27)17(3)25(14-18-7-5-6-8-20(18)23)21(26)15-28-19-11-9-16(2)10-12-19/h5-12,17H,4,13-15H2,1-3H3,(H,24,27). The lowest BCUT2D eigenvalue weighted by Crippen LogP contribution is -2.48. The Bertz CT molecular complexity index is 795. The molecule has 4 nitrogen and oxygen atoms in total. The van der Waals surface area contributed by atoms with Crippen LogP contribution in [0.3, 0.4) is 0 Å². The first kappa shape index (κ1) is 22.0. The maximum Gasteiger partial charge on any atom is 0.242 e. The summed E-state index contributed by atoms with van der Waals surface area (Å²) in [4.78, 5) is 27.8. The van der Waals surface area contributed by atoms with Gasteiger partial charge in [0.15, 0.2) is 0 Å². The molecule has 0 saturated carbocycles. The fourth-order valence-electron chi connectivity index (χ4n) is 2.65. The summed E-state index contributed by atoms with van der Waals surface area (Å²) >= 11 is 1.41. The summed E-state index contributed by atoms with van der Waals surface area (Å²) in [5.41, 5.74) is 1.55. The number of nitrogens with zero attached hydrogens (tertiary/aromatic N) is 1. The van der Waals surface area contributed by atoms with E-state index in [4.69, 9.17) is 0 Å². The second-order valence-electron chi connectivity index (χ2n) is 6.68. The molecule has 2 aromatic carbocycles. The molecule has 28 heavy (non-hydrogen) atoms. The molecule has 0 aliphatic rings. The maximum absolute atomic E-state index is 14.1. The van der Waals surface area contributed by atoms with Gasteiger partial charge in [-0.25, -0.2) is 4.39 Å². The van der Waals surface area contributed by atoms with Crippen LogP contribution in [0.2, 0.25) is 0 Å². The SMILES string of the molecule is CCCNC(=O)C(C)N(Cc1ccccc1F)C(=O)CSc1ccc(C)cc1. The first-order valence-electron chi connectivity index (χ1n) is 9.42. The van der Waals surface area contributed by atoms with Gasteiger partial charge < -0.3 is 10.2 Å². The van der Waals surface area contributed by atoms with Crippen LogP contribution in [0.5, 0.6) is 0 Å².